The minimum atomic E-state index is 0.00677. The van der Waals surface area contributed by atoms with E-state index < -0.39 is 0 Å². The van der Waals surface area contributed by atoms with E-state index in [9.17, 15) is 4.79 Å². The molecule has 6 heteroatoms. The van der Waals surface area contributed by atoms with Gasteiger partial charge in [-0.15, -0.1) is 0 Å². The molecule has 182 valence electrons. The lowest BCUT2D eigenvalue weighted by atomic mass is 9.86. The highest BCUT2D eigenvalue weighted by molar-refractivity contribution is 6.28. The summed E-state index contributed by atoms with van der Waals surface area (Å²) < 4.78 is 5.94. The monoisotopic (exact) mass is 486 g/mol. The molecule has 37 heavy (non-hydrogen) atoms. The van der Waals surface area contributed by atoms with Crippen molar-refractivity contribution >= 4 is 33.7 Å². The van der Waals surface area contributed by atoms with Gasteiger partial charge in [-0.05, 0) is 23.8 Å². The highest BCUT2D eigenvalue weighted by Gasteiger charge is 2.34. The van der Waals surface area contributed by atoms with Gasteiger partial charge in [-0.2, -0.15) is 0 Å². The number of ketones is 1. The number of carbonyl (C=O) groups is 1. The molecule has 5 aromatic rings. The number of benzene rings is 4. The standard InChI is InChI=1S/C31H26N4O2/c36-30-23-13-7-8-14-24(23)31-28-27(30)25(32-20-21-9-3-1-4-10-21)19-26(29(28)33-37-31)35-17-15-34(16-18-35)22-11-5-2-6-12-22/h1-14,19,32H,15-18,20H2. The van der Waals surface area contributed by atoms with Crippen LogP contribution >= 0.6 is 0 Å². The Hall–Kier alpha value is -4.58. The van der Waals surface area contributed by atoms with Crippen molar-refractivity contribution < 1.29 is 9.32 Å². The first-order chi connectivity index (χ1) is 18.3. The summed E-state index contributed by atoms with van der Waals surface area (Å²) >= 11 is 0. The number of hydrogen-bond acceptors (Lipinski definition) is 6. The third-order valence-electron chi connectivity index (χ3n) is 7.45. The maximum Gasteiger partial charge on any atom is 0.196 e. The Kier molecular flexibility index (Phi) is 5.17. The number of fused-ring (bicyclic) bond motifs is 2. The van der Waals surface area contributed by atoms with Crippen LogP contribution in [0.25, 0.3) is 22.2 Å². The molecule has 1 saturated heterocycles. The van der Waals surface area contributed by atoms with Gasteiger partial charge < -0.3 is 19.6 Å². The van der Waals surface area contributed by atoms with E-state index in [1.807, 2.05) is 48.5 Å². The van der Waals surface area contributed by atoms with Crippen molar-refractivity contribution in [3.8, 4) is 11.3 Å². The fourth-order valence-electron chi connectivity index (χ4n) is 5.56. The van der Waals surface area contributed by atoms with Crippen molar-refractivity contribution in [1.82, 2.24) is 5.16 Å². The predicted molar refractivity (Wildman–Crippen MR) is 148 cm³/mol. The zero-order valence-corrected chi connectivity index (χ0v) is 20.4. The number of rotatable bonds is 5. The van der Waals surface area contributed by atoms with Crippen LogP contribution in [0.15, 0.2) is 95.5 Å². The first kappa shape index (κ1) is 21.7. The Labute approximate surface area is 215 Å². The average Bonchev–Trinajstić information content (AvgIpc) is 3.41. The van der Waals surface area contributed by atoms with Gasteiger partial charge in [0.05, 0.1) is 16.6 Å². The molecule has 1 aliphatic heterocycles. The number of hydrogen-bond donors (Lipinski definition) is 1. The second-order valence-corrected chi connectivity index (χ2v) is 9.58. The van der Waals surface area contributed by atoms with Crippen LogP contribution in [0.1, 0.15) is 21.5 Å². The van der Waals surface area contributed by atoms with Crippen molar-refractivity contribution in [2.75, 3.05) is 41.3 Å². The van der Waals surface area contributed by atoms with Gasteiger partial charge in [0.1, 0.15) is 5.52 Å². The van der Waals surface area contributed by atoms with Gasteiger partial charge in [-0.3, -0.25) is 4.79 Å². The Bertz CT molecular complexity index is 1600. The molecule has 0 saturated carbocycles. The van der Waals surface area contributed by atoms with E-state index in [1.165, 1.54) is 5.69 Å². The van der Waals surface area contributed by atoms with E-state index >= 15 is 0 Å². The SMILES string of the molecule is O=C1c2ccccc2-c2onc3c(N4CCN(c5ccccc5)CC4)cc(NCc4ccccc4)c1c23. The number of nitrogens with one attached hydrogen (secondary N) is 1. The topological polar surface area (TPSA) is 61.6 Å². The van der Waals surface area contributed by atoms with E-state index in [1.54, 1.807) is 0 Å². The van der Waals surface area contributed by atoms with Crippen LogP contribution in [0.2, 0.25) is 0 Å². The minimum absolute atomic E-state index is 0.00677. The molecule has 0 radical (unpaired) electrons. The molecule has 1 fully saturated rings. The molecule has 1 N–H and O–H groups in total. The minimum Gasteiger partial charge on any atom is -0.380 e. The molecule has 0 amide bonds. The molecule has 7 rings (SSSR count). The van der Waals surface area contributed by atoms with Crippen molar-refractivity contribution in [2.24, 2.45) is 0 Å². The molecule has 2 heterocycles. The number of para-hydroxylation sites is 1. The van der Waals surface area contributed by atoms with Crippen LogP contribution in [0.5, 0.6) is 0 Å². The van der Waals surface area contributed by atoms with E-state index in [0.29, 0.717) is 23.4 Å². The second-order valence-electron chi connectivity index (χ2n) is 9.58. The summed E-state index contributed by atoms with van der Waals surface area (Å²) in [5.41, 5.74) is 7.08. The van der Waals surface area contributed by atoms with Gasteiger partial charge in [0.15, 0.2) is 11.5 Å². The highest BCUT2D eigenvalue weighted by Crippen LogP contribution is 2.46. The lowest BCUT2D eigenvalue weighted by Gasteiger charge is -2.37. The molecule has 1 aromatic heterocycles. The summed E-state index contributed by atoms with van der Waals surface area (Å²) in [5, 5.41) is 8.90. The number of nitrogens with zero attached hydrogens (tertiary/aromatic N) is 3. The molecule has 0 bridgehead atoms. The zero-order chi connectivity index (χ0) is 24.8. The molecule has 0 unspecified atom stereocenters. The average molecular weight is 487 g/mol. The third-order valence-corrected chi connectivity index (χ3v) is 7.45. The third kappa shape index (κ3) is 3.64. The summed E-state index contributed by atoms with van der Waals surface area (Å²) in [6, 6.07) is 30.5. The summed E-state index contributed by atoms with van der Waals surface area (Å²) in [6.07, 6.45) is 0. The van der Waals surface area contributed by atoms with Crippen LogP contribution < -0.4 is 15.1 Å². The van der Waals surface area contributed by atoms with Gasteiger partial charge in [0, 0.05) is 55.2 Å². The second kappa shape index (κ2) is 8.82. The lowest BCUT2D eigenvalue weighted by Crippen LogP contribution is -2.46. The number of carbonyl (C=O) groups excluding carboxylic acids is 1. The normalized spacial score (nSPS) is 14.6. The summed E-state index contributed by atoms with van der Waals surface area (Å²) in [7, 11) is 0. The van der Waals surface area contributed by atoms with Gasteiger partial charge >= 0.3 is 0 Å². The first-order valence-electron chi connectivity index (χ1n) is 12.7. The molecule has 1 aliphatic carbocycles. The van der Waals surface area contributed by atoms with Crippen molar-refractivity contribution in [3.05, 3.63) is 108 Å². The van der Waals surface area contributed by atoms with E-state index in [-0.39, 0.29) is 5.78 Å². The van der Waals surface area contributed by atoms with Gasteiger partial charge in [-0.1, -0.05) is 78.0 Å². The predicted octanol–water partition coefficient (Wildman–Crippen LogP) is 5.98. The van der Waals surface area contributed by atoms with Crippen LogP contribution in [-0.2, 0) is 6.54 Å². The molecule has 0 spiro atoms. The molecule has 6 nitrogen and oxygen atoms in total. The van der Waals surface area contributed by atoms with Gasteiger partial charge in [-0.25, -0.2) is 0 Å². The molecule has 4 aromatic carbocycles. The Balaban J connectivity index is 1.31. The number of aromatic nitrogens is 1. The lowest BCUT2D eigenvalue weighted by molar-refractivity contribution is 0.104. The quantitative estimate of drug-likeness (QED) is 0.324. The fourth-order valence-corrected chi connectivity index (χ4v) is 5.56. The highest BCUT2D eigenvalue weighted by atomic mass is 16.5. The maximum absolute atomic E-state index is 13.8. The van der Waals surface area contributed by atoms with Crippen LogP contribution in [0.4, 0.5) is 17.1 Å². The summed E-state index contributed by atoms with van der Waals surface area (Å²) in [5.74, 6) is 0.681. The van der Waals surface area contributed by atoms with Crippen LogP contribution in [0.3, 0.4) is 0 Å². The molecule has 2 aliphatic rings. The van der Waals surface area contributed by atoms with E-state index in [4.69, 9.17) is 4.52 Å². The van der Waals surface area contributed by atoms with Crippen molar-refractivity contribution in [3.63, 3.8) is 0 Å². The summed E-state index contributed by atoms with van der Waals surface area (Å²) in [4.78, 5) is 18.6. The Morgan fingerprint density at radius 2 is 1.43 bits per heavy atom. The maximum atomic E-state index is 13.8. The van der Waals surface area contributed by atoms with E-state index in [0.717, 1.165) is 59.6 Å². The number of piperazine rings is 1. The molecular formula is C31H26N4O2. The largest absolute Gasteiger partial charge is 0.380 e. The Morgan fingerprint density at radius 3 is 2.19 bits per heavy atom. The van der Waals surface area contributed by atoms with Gasteiger partial charge in [0.2, 0.25) is 0 Å². The van der Waals surface area contributed by atoms with E-state index in [2.05, 4.69) is 62.7 Å². The van der Waals surface area contributed by atoms with Gasteiger partial charge in [0.25, 0.3) is 0 Å². The summed E-state index contributed by atoms with van der Waals surface area (Å²) in [6.45, 7) is 4.15. The molecule has 0 atom stereocenters. The number of anilines is 3. The molecular weight excluding hydrogens is 460 g/mol. The first-order valence-corrected chi connectivity index (χ1v) is 12.7. The van der Waals surface area contributed by atoms with Crippen molar-refractivity contribution in [2.45, 2.75) is 6.54 Å². The fraction of sp³-hybridized carbons (Fsp3) is 0.161. The Morgan fingerprint density at radius 1 is 0.784 bits per heavy atom. The zero-order valence-electron chi connectivity index (χ0n) is 20.4. The van der Waals surface area contributed by atoms with Crippen LogP contribution in [-0.4, -0.2) is 37.1 Å². The van der Waals surface area contributed by atoms with Crippen LogP contribution in [0, 0.1) is 0 Å². The smallest absolute Gasteiger partial charge is 0.196 e. The van der Waals surface area contributed by atoms with Crippen molar-refractivity contribution in [1.29, 1.82) is 0 Å².